The van der Waals surface area contributed by atoms with Crippen LogP contribution in [0.2, 0.25) is 5.02 Å². The van der Waals surface area contributed by atoms with Crippen molar-refractivity contribution in [2.45, 2.75) is 26.3 Å². The zero-order valence-corrected chi connectivity index (χ0v) is 13.4. The molecule has 0 amide bonds. The molecule has 1 heterocycles. The van der Waals surface area contributed by atoms with Gasteiger partial charge in [0.05, 0.1) is 19.2 Å². The first-order chi connectivity index (χ1) is 9.84. The van der Waals surface area contributed by atoms with Gasteiger partial charge in [0.2, 0.25) is 5.82 Å². The van der Waals surface area contributed by atoms with Gasteiger partial charge in [0.1, 0.15) is 0 Å². The average Bonchev–Trinajstić information content (AvgIpc) is 2.83. The average molecular weight is 312 g/mol. The van der Waals surface area contributed by atoms with E-state index in [2.05, 4.69) is 15.5 Å². The van der Waals surface area contributed by atoms with Crippen LogP contribution in [0.3, 0.4) is 0 Å². The Morgan fingerprint density at radius 3 is 2.48 bits per heavy atom. The van der Waals surface area contributed by atoms with Crippen molar-refractivity contribution < 1.29 is 14.0 Å². The Kier molecular flexibility index (Phi) is 4.27. The Bertz CT molecular complexity index is 635. The summed E-state index contributed by atoms with van der Waals surface area (Å²) >= 11 is 6.17. The largest absolute Gasteiger partial charge is 0.493 e. The lowest BCUT2D eigenvalue weighted by molar-refractivity contribution is 0.355. The van der Waals surface area contributed by atoms with E-state index >= 15 is 0 Å². The zero-order valence-electron chi connectivity index (χ0n) is 12.7. The van der Waals surface area contributed by atoms with Gasteiger partial charge >= 0.3 is 6.01 Å². The summed E-state index contributed by atoms with van der Waals surface area (Å²) in [5.74, 6) is 1.40. The summed E-state index contributed by atoms with van der Waals surface area (Å²) in [5, 5.41) is 7.47. The summed E-state index contributed by atoms with van der Waals surface area (Å²) in [6.07, 6.45) is 0. The number of anilines is 1. The van der Waals surface area contributed by atoms with Crippen molar-refractivity contribution in [1.82, 2.24) is 10.1 Å². The minimum Gasteiger partial charge on any atom is -0.493 e. The molecule has 2 rings (SSSR count). The van der Waals surface area contributed by atoms with Crippen molar-refractivity contribution in [2.75, 3.05) is 19.5 Å². The van der Waals surface area contributed by atoms with E-state index in [-0.39, 0.29) is 5.54 Å². The van der Waals surface area contributed by atoms with Crippen molar-refractivity contribution in [3.63, 3.8) is 0 Å². The van der Waals surface area contributed by atoms with Gasteiger partial charge in [-0.15, -0.1) is 0 Å². The summed E-state index contributed by atoms with van der Waals surface area (Å²) in [4.78, 5) is 4.29. The normalized spacial score (nSPS) is 11.3. The predicted molar refractivity (Wildman–Crippen MR) is 81.2 cm³/mol. The molecule has 0 spiro atoms. The molecule has 0 bridgehead atoms. The van der Waals surface area contributed by atoms with Crippen LogP contribution in [-0.2, 0) is 0 Å². The maximum Gasteiger partial charge on any atom is 0.322 e. The van der Waals surface area contributed by atoms with Crippen LogP contribution >= 0.6 is 11.6 Å². The third-order valence-corrected chi connectivity index (χ3v) is 2.88. The number of aromatic nitrogens is 2. The maximum absolute atomic E-state index is 6.17. The fourth-order valence-electron chi connectivity index (χ4n) is 1.76. The van der Waals surface area contributed by atoms with Gasteiger partial charge in [-0.25, -0.2) is 0 Å². The Hall–Kier alpha value is -1.95. The van der Waals surface area contributed by atoms with E-state index in [0.717, 1.165) is 0 Å². The Labute approximate surface area is 128 Å². The molecule has 0 aliphatic carbocycles. The second kappa shape index (κ2) is 5.81. The van der Waals surface area contributed by atoms with Gasteiger partial charge in [-0.3, -0.25) is 0 Å². The molecule has 0 fully saturated rings. The summed E-state index contributed by atoms with van der Waals surface area (Å²) in [6, 6.07) is 3.80. The lowest BCUT2D eigenvalue weighted by Crippen LogP contribution is -2.26. The molecule has 0 aliphatic heterocycles. The minimum absolute atomic E-state index is 0.168. The van der Waals surface area contributed by atoms with E-state index < -0.39 is 0 Å². The molecular weight excluding hydrogens is 294 g/mol. The molecule has 1 N–H and O–H groups in total. The van der Waals surface area contributed by atoms with Crippen LogP contribution in [-0.4, -0.2) is 29.9 Å². The molecule has 0 atom stereocenters. The highest BCUT2D eigenvalue weighted by atomic mass is 35.5. The quantitative estimate of drug-likeness (QED) is 0.930. The molecule has 0 aliphatic rings. The molecule has 114 valence electrons. The number of ether oxygens (including phenoxy) is 2. The monoisotopic (exact) mass is 311 g/mol. The van der Waals surface area contributed by atoms with E-state index in [1.807, 2.05) is 20.8 Å². The second-order valence-corrected chi connectivity index (χ2v) is 5.90. The SMILES string of the molecule is COc1cc(-c2noc(NC(C)(C)C)n2)cc(Cl)c1OC. The number of rotatable bonds is 4. The number of nitrogens with one attached hydrogen (secondary N) is 1. The number of nitrogens with zero attached hydrogens (tertiary/aromatic N) is 2. The first-order valence-electron chi connectivity index (χ1n) is 6.38. The van der Waals surface area contributed by atoms with Crippen LogP contribution in [0.15, 0.2) is 16.7 Å². The van der Waals surface area contributed by atoms with E-state index in [1.165, 1.54) is 7.11 Å². The summed E-state index contributed by atoms with van der Waals surface area (Å²) in [7, 11) is 3.07. The number of methoxy groups -OCH3 is 2. The highest BCUT2D eigenvalue weighted by Crippen LogP contribution is 2.38. The van der Waals surface area contributed by atoms with Crippen LogP contribution < -0.4 is 14.8 Å². The second-order valence-electron chi connectivity index (χ2n) is 5.49. The van der Waals surface area contributed by atoms with Gasteiger partial charge in [-0.1, -0.05) is 16.8 Å². The Balaban J connectivity index is 2.36. The van der Waals surface area contributed by atoms with Crippen LogP contribution in [0, 0.1) is 0 Å². The summed E-state index contributed by atoms with van der Waals surface area (Å²) < 4.78 is 15.6. The molecule has 1 aromatic carbocycles. The van der Waals surface area contributed by atoms with E-state index in [4.69, 9.17) is 25.6 Å². The van der Waals surface area contributed by atoms with Crippen LogP contribution in [0.5, 0.6) is 11.5 Å². The van der Waals surface area contributed by atoms with Crippen molar-refractivity contribution in [1.29, 1.82) is 0 Å². The zero-order chi connectivity index (χ0) is 15.6. The first-order valence-corrected chi connectivity index (χ1v) is 6.75. The van der Waals surface area contributed by atoms with Crippen molar-refractivity contribution in [3.05, 3.63) is 17.2 Å². The van der Waals surface area contributed by atoms with Crippen LogP contribution in [0.25, 0.3) is 11.4 Å². The fraction of sp³-hybridized carbons (Fsp3) is 0.429. The van der Waals surface area contributed by atoms with Gasteiger partial charge in [0.15, 0.2) is 11.5 Å². The van der Waals surface area contributed by atoms with Crippen LogP contribution in [0.1, 0.15) is 20.8 Å². The highest BCUT2D eigenvalue weighted by Gasteiger charge is 2.18. The van der Waals surface area contributed by atoms with Crippen LogP contribution in [0.4, 0.5) is 6.01 Å². The van der Waals surface area contributed by atoms with E-state index in [9.17, 15) is 0 Å². The summed E-state index contributed by atoms with van der Waals surface area (Å²) in [5.41, 5.74) is 0.516. The topological polar surface area (TPSA) is 69.4 Å². The van der Waals surface area contributed by atoms with Gasteiger partial charge < -0.3 is 19.3 Å². The highest BCUT2D eigenvalue weighted by molar-refractivity contribution is 6.32. The molecule has 21 heavy (non-hydrogen) atoms. The molecule has 0 radical (unpaired) electrons. The van der Waals surface area contributed by atoms with Crippen molar-refractivity contribution in [2.24, 2.45) is 0 Å². The smallest absolute Gasteiger partial charge is 0.322 e. The van der Waals surface area contributed by atoms with Gasteiger partial charge in [-0.2, -0.15) is 4.98 Å². The maximum atomic E-state index is 6.17. The lowest BCUT2D eigenvalue weighted by Gasteiger charge is -2.17. The van der Waals surface area contributed by atoms with Gasteiger partial charge in [0, 0.05) is 11.1 Å². The molecule has 7 heteroatoms. The Morgan fingerprint density at radius 1 is 1.19 bits per heavy atom. The van der Waals surface area contributed by atoms with Gasteiger partial charge in [-0.05, 0) is 32.9 Å². The Morgan fingerprint density at radius 2 is 1.90 bits per heavy atom. The molecule has 2 aromatic rings. The fourth-order valence-corrected chi connectivity index (χ4v) is 2.05. The number of halogens is 1. The number of hydrogen-bond acceptors (Lipinski definition) is 6. The summed E-state index contributed by atoms with van der Waals surface area (Å²) in [6.45, 7) is 6.01. The minimum atomic E-state index is -0.168. The standard InChI is InChI=1S/C14H18ClN3O3/c1-14(2,3)17-13-16-12(18-21-13)8-6-9(15)11(20-5)10(7-8)19-4/h6-7H,1-5H3,(H,16,17,18). The molecular formula is C14H18ClN3O3. The molecule has 0 saturated heterocycles. The molecule has 1 aromatic heterocycles. The van der Waals surface area contributed by atoms with Crippen molar-refractivity contribution in [3.8, 4) is 22.9 Å². The first kappa shape index (κ1) is 15.4. The molecule has 0 unspecified atom stereocenters. The van der Waals surface area contributed by atoms with E-state index in [1.54, 1.807) is 19.2 Å². The predicted octanol–water partition coefficient (Wildman–Crippen LogP) is 3.62. The van der Waals surface area contributed by atoms with E-state index in [0.29, 0.717) is 33.9 Å². The number of hydrogen-bond donors (Lipinski definition) is 1. The lowest BCUT2D eigenvalue weighted by atomic mass is 10.1. The van der Waals surface area contributed by atoms with Gasteiger partial charge in [0.25, 0.3) is 0 Å². The van der Waals surface area contributed by atoms with Crippen molar-refractivity contribution >= 4 is 17.6 Å². The molecule has 6 nitrogen and oxygen atoms in total. The third-order valence-electron chi connectivity index (χ3n) is 2.60. The molecule has 0 saturated carbocycles. The third kappa shape index (κ3) is 3.58. The number of benzene rings is 1.